The summed E-state index contributed by atoms with van der Waals surface area (Å²) < 4.78 is 0. The molecule has 0 N–H and O–H groups in total. The van der Waals surface area contributed by atoms with E-state index in [-0.39, 0.29) is 11.2 Å². The molecular formula is C11H12O. The van der Waals surface area contributed by atoms with Gasteiger partial charge in [0.2, 0.25) is 0 Å². The first kappa shape index (κ1) is 7.53. The molecule has 12 heavy (non-hydrogen) atoms. The molecule has 1 saturated carbocycles. The van der Waals surface area contributed by atoms with Crippen LogP contribution in [0.2, 0.25) is 0 Å². The van der Waals surface area contributed by atoms with Crippen LogP contribution < -0.4 is 0 Å². The van der Waals surface area contributed by atoms with Crippen LogP contribution in [0.5, 0.6) is 0 Å². The highest BCUT2D eigenvalue weighted by Gasteiger charge is 2.39. The minimum absolute atomic E-state index is 0.203. The Labute approximate surface area is 72.5 Å². The maximum atomic E-state index is 11.6. The molecule has 62 valence electrons. The first-order chi connectivity index (χ1) is 5.73. The second-order valence-electron chi connectivity index (χ2n) is 3.67. The fourth-order valence-corrected chi connectivity index (χ4v) is 2.01. The Bertz CT molecular complexity index is 296. The van der Waals surface area contributed by atoms with Gasteiger partial charge in [-0.05, 0) is 25.3 Å². The minimum atomic E-state index is -0.203. The molecule has 0 radical (unpaired) electrons. The van der Waals surface area contributed by atoms with Crippen LogP contribution in [-0.2, 0) is 4.79 Å². The van der Waals surface area contributed by atoms with Gasteiger partial charge >= 0.3 is 0 Å². The van der Waals surface area contributed by atoms with Gasteiger partial charge in [-0.25, -0.2) is 0 Å². The summed E-state index contributed by atoms with van der Waals surface area (Å²) >= 11 is 0. The van der Waals surface area contributed by atoms with Gasteiger partial charge in [0.25, 0.3) is 0 Å². The van der Waals surface area contributed by atoms with E-state index in [9.17, 15) is 4.79 Å². The Kier molecular flexibility index (Phi) is 1.53. The van der Waals surface area contributed by atoms with Crippen LogP contribution in [0.3, 0.4) is 0 Å². The first-order valence-electron chi connectivity index (χ1n) is 4.30. The van der Waals surface area contributed by atoms with Gasteiger partial charge in [-0.2, -0.15) is 0 Å². The van der Waals surface area contributed by atoms with E-state index in [4.69, 9.17) is 0 Å². The average Bonchev–Trinajstić information content (AvgIpc) is 2.41. The van der Waals surface area contributed by atoms with Gasteiger partial charge in [-0.1, -0.05) is 30.4 Å². The molecule has 1 atom stereocenters. The number of hydrogen-bond donors (Lipinski definition) is 0. The second kappa shape index (κ2) is 2.44. The molecule has 1 heteroatoms. The molecular weight excluding hydrogens is 148 g/mol. The zero-order valence-electron chi connectivity index (χ0n) is 7.05. The number of carbonyl (C=O) groups excluding carboxylic acids is 1. The normalized spacial score (nSPS) is 33.7. The summed E-state index contributed by atoms with van der Waals surface area (Å²) in [4.78, 5) is 11.6. The Hall–Kier alpha value is -1.11. The van der Waals surface area contributed by atoms with Crippen molar-refractivity contribution < 1.29 is 4.79 Å². The lowest BCUT2D eigenvalue weighted by molar-refractivity contribution is -0.121. The van der Waals surface area contributed by atoms with Crippen molar-refractivity contribution in [3.63, 3.8) is 0 Å². The Morgan fingerprint density at radius 1 is 1.42 bits per heavy atom. The largest absolute Gasteiger partial charge is 0.294 e. The van der Waals surface area contributed by atoms with Gasteiger partial charge in [-0.15, -0.1) is 0 Å². The third-order valence-corrected chi connectivity index (χ3v) is 2.75. The van der Waals surface area contributed by atoms with Gasteiger partial charge in [0.05, 0.1) is 5.41 Å². The lowest BCUT2D eigenvalue weighted by atomic mass is 9.79. The molecule has 0 heterocycles. The molecule has 0 saturated heterocycles. The third-order valence-electron chi connectivity index (χ3n) is 2.75. The number of ketones is 1. The predicted octanol–water partition coefficient (Wildman–Crippen LogP) is 2.41. The number of rotatable bonds is 0. The smallest absolute Gasteiger partial charge is 0.165 e. The molecule has 2 rings (SSSR count). The lowest BCUT2D eigenvalue weighted by Gasteiger charge is -2.22. The van der Waals surface area contributed by atoms with Crippen molar-refractivity contribution in [1.82, 2.24) is 0 Å². The molecule has 0 unspecified atom stereocenters. The zero-order chi connectivity index (χ0) is 8.60. The monoisotopic (exact) mass is 160 g/mol. The fourth-order valence-electron chi connectivity index (χ4n) is 2.01. The van der Waals surface area contributed by atoms with Gasteiger partial charge < -0.3 is 0 Å². The molecule has 1 spiro atoms. The molecule has 1 nitrogen and oxygen atoms in total. The summed E-state index contributed by atoms with van der Waals surface area (Å²) in [7, 11) is 0. The fraction of sp³-hybridized carbons (Fsp3) is 0.364. The SMILES string of the molecule is C=C1CC[C@@]2(C=CC=CC2=O)C1. The van der Waals surface area contributed by atoms with E-state index in [2.05, 4.69) is 6.58 Å². The van der Waals surface area contributed by atoms with Crippen molar-refractivity contribution >= 4 is 5.78 Å². The van der Waals surface area contributed by atoms with Crippen LogP contribution in [0.25, 0.3) is 0 Å². The van der Waals surface area contributed by atoms with E-state index in [0.29, 0.717) is 0 Å². The highest BCUT2D eigenvalue weighted by molar-refractivity contribution is 5.98. The standard InChI is InChI=1S/C11H12O/c1-9-5-7-11(8-9)6-3-2-4-10(11)12/h2-4,6H,1,5,7-8H2/t11-/m0/s1. The summed E-state index contributed by atoms with van der Waals surface area (Å²) in [5.74, 6) is 0.253. The Balaban J connectivity index is 2.32. The molecule has 2 aliphatic carbocycles. The predicted molar refractivity (Wildman–Crippen MR) is 48.7 cm³/mol. The molecule has 0 amide bonds. The van der Waals surface area contributed by atoms with Crippen LogP contribution in [0.15, 0.2) is 36.5 Å². The van der Waals surface area contributed by atoms with Crippen molar-refractivity contribution in [2.75, 3.05) is 0 Å². The van der Waals surface area contributed by atoms with Crippen LogP contribution >= 0.6 is 0 Å². The van der Waals surface area contributed by atoms with Gasteiger partial charge in [-0.3, -0.25) is 4.79 Å². The van der Waals surface area contributed by atoms with E-state index in [0.717, 1.165) is 19.3 Å². The van der Waals surface area contributed by atoms with Crippen LogP contribution in [0.1, 0.15) is 19.3 Å². The van der Waals surface area contributed by atoms with Gasteiger partial charge in [0.1, 0.15) is 0 Å². The number of allylic oxidation sites excluding steroid dienone is 5. The molecule has 0 aromatic carbocycles. The zero-order valence-corrected chi connectivity index (χ0v) is 7.05. The highest BCUT2D eigenvalue weighted by Crippen LogP contribution is 2.44. The molecule has 0 aromatic rings. The number of hydrogen-bond acceptors (Lipinski definition) is 1. The Morgan fingerprint density at radius 2 is 2.25 bits per heavy atom. The topological polar surface area (TPSA) is 17.1 Å². The summed E-state index contributed by atoms with van der Waals surface area (Å²) in [6.45, 7) is 3.93. The summed E-state index contributed by atoms with van der Waals surface area (Å²) in [6, 6.07) is 0. The summed E-state index contributed by atoms with van der Waals surface area (Å²) in [5.41, 5.74) is 1.01. The highest BCUT2D eigenvalue weighted by atomic mass is 16.1. The molecule has 1 fully saturated rings. The molecule has 0 aliphatic heterocycles. The van der Waals surface area contributed by atoms with Crippen LogP contribution in [-0.4, -0.2) is 5.78 Å². The van der Waals surface area contributed by atoms with Crippen molar-refractivity contribution in [2.45, 2.75) is 19.3 Å². The Morgan fingerprint density at radius 3 is 2.83 bits per heavy atom. The maximum absolute atomic E-state index is 11.6. The van der Waals surface area contributed by atoms with Crippen molar-refractivity contribution in [3.8, 4) is 0 Å². The van der Waals surface area contributed by atoms with E-state index in [1.807, 2.05) is 18.2 Å². The van der Waals surface area contributed by atoms with Crippen molar-refractivity contribution in [1.29, 1.82) is 0 Å². The average molecular weight is 160 g/mol. The van der Waals surface area contributed by atoms with E-state index < -0.39 is 0 Å². The summed E-state index contributed by atoms with van der Waals surface area (Å²) in [5, 5.41) is 0. The molecule has 0 aromatic heterocycles. The molecule has 0 bridgehead atoms. The first-order valence-corrected chi connectivity index (χ1v) is 4.30. The molecule has 2 aliphatic rings. The van der Waals surface area contributed by atoms with Crippen LogP contribution in [0.4, 0.5) is 0 Å². The maximum Gasteiger partial charge on any atom is 0.165 e. The van der Waals surface area contributed by atoms with Crippen molar-refractivity contribution in [3.05, 3.63) is 36.5 Å². The van der Waals surface area contributed by atoms with Gasteiger partial charge in [0.15, 0.2) is 5.78 Å². The second-order valence-corrected chi connectivity index (χ2v) is 3.67. The van der Waals surface area contributed by atoms with E-state index >= 15 is 0 Å². The van der Waals surface area contributed by atoms with Crippen molar-refractivity contribution in [2.24, 2.45) is 5.41 Å². The quantitative estimate of drug-likeness (QED) is 0.497. The van der Waals surface area contributed by atoms with Crippen LogP contribution in [0, 0.1) is 5.41 Å². The van der Waals surface area contributed by atoms with E-state index in [1.54, 1.807) is 6.08 Å². The minimum Gasteiger partial charge on any atom is -0.294 e. The summed E-state index contributed by atoms with van der Waals surface area (Å²) in [6.07, 6.45) is 10.3. The number of carbonyl (C=O) groups is 1. The third kappa shape index (κ3) is 0.970. The van der Waals surface area contributed by atoms with E-state index in [1.165, 1.54) is 5.57 Å². The lowest BCUT2D eigenvalue weighted by Crippen LogP contribution is -2.25. The van der Waals surface area contributed by atoms with Gasteiger partial charge in [0, 0.05) is 0 Å².